The molecule has 17 nitrogen and oxygen atoms in total. The van der Waals surface area contributed by atoms with E-state index in [1.807, 2.05) is 0 Å². The molecule has 0 aliphatic heterocycles. The molecule has 92 heavy (non-hydrogen) atoms. The fourth-order valence-electron chi connectivity index (χ4n) is 11.0. The molecular formula is C73H142O17P2. The van der Waals surface area contributed by atoms with Crippen LogP contribution in [0.4, 0.5) is 0 Å². The van der Waals surface area contributed by atoms with Crippen molar-refractivity contribution < 1.29 is 80.2 Å². The average molecular weight is 1350 g/mol. The van der Waals surface area contributed by atoms with Gasteiger partial charge in [0.15, 0.2) is 12.2 Å². The Morgan fingerprint density at radius 1 is 0.272 bits per heavy atom. The number of ether oxygens (including phenoxy) is 4. The SMILES string of the molecule is CC(C)CCCCCCCCCCCCCCCCCCCCC(=O)OC[C@H](COP(=O)(O)OCC(O)COP(=O)(O)OC[C@@H](COC(=O)CCCCCCCCCCC(C)C)OC(=O)CCCCCCCCCCC(C)C)OC(=O)CCCCCCCCC(C)C. The number of carbonyl (C=O) groups excluding carboxylic acids is 4. The van der Waals surface area contributed by atoms with Gasteiger partial charge in [-0.3, -0.25) is 37.3 Å². The summed E-state index contributed by atoms with van der Waals surface area (Å²) >= 11 is 0. The van der Waals surface area contributed by atoms with E-state index >= 15 is 0 Å². The van der Waals surface area contributed by atoms with Crippen molar-refractivity contribution in [3.8, 4) is 0 Å². The highest BCUT2D eigenvalue weighted by Crippen LogP contribution is 2.45. The quantitative estimate of drug-likeness (QED) is 0.0222. The molecule has 0 spiro atoms. The molecule has 0 amide bonds. The Labute approximate surface area is 562 Å². The van der Waals surface area contributed by atoms with Crippen LogP contribution in [0.25, 0.3) is 0 Å². The average Bonchev–Trinajstić information content (AvgIpc) is 1.54. The number of esters is 4. The molecule has 3 N–H and O–H groups in total. The molecule has 0 aromatic carbocycles. The third-order valence-corrected chi connectivity index (χ3v) is 18.7. The van der Waals surface area contributed by atoms with E-state index in [9.17, 15) is 43.2 Å². The molecule has 0 fully saturated rings. The normalized spacial score (nSPS) is 14.2. The van der Waals surface area contributed by atoms with Gasteiger partial charge in [-0.15, -0.1) is 0 Å². The summed E-state index contributed by atoms with van der Waals surface area (Å²) in [5.74, 6) is 0.804. The van der Waals surface area contributed by atoms with Crippen molar-refractivity contribution in [3.63, 3.8) is 0 Å². The number of phosphoric ester groups is 2. The summed E-state index contributed by atoms with van der Waals surface area (Å²) in [5.41, 5.74) is 0. The lowest BCUT2D eigenvalue weighted by molar-refractivity contribution is -0.161. The van der Waals surface area contributed by atoms with Gasteiger partial charge in [0.05, 0.1) is 26.4 Å². The van der Waals surface area contributed by atoms with E-state index in [2.05, 4.69) is 55.4 Å². The number of phosphoric acid groups is 2. The molecule has 0 heterocycles. The van der Waals surface area contributed by atoms with Crippen LogP contribution >= 0.6 is 15.6 Å². The predicted molar refractivity (Wildman–Crippen MR) is 372 cm³/mol. The van der Waals surface area contributed by atoms with Crippen molar-refractivity contribution in [2.75, 3.05) is 39.6 Å². The third-order valence-electron chi connectivity index (χ3n) is 16.8. The number of carbonyl (C=O) groups is 4. The molecule has 19 heteroatoms. The maximum Gasteiger partial charge on any atom is 0.472 e. The topological polar surface area (TPSA) is 237 Å². The number of unbranched alkanes of at least 4 members (excludes halogenated alkanes) is 36. The lowest BCUT2D eigenvalue weighted by Crippen LogP contribution is -2.30. The van der Waals surface area contributed by atoms with E-state index in [4.69, 9.17) is 37.0 Å². The largest absolute Gasteiger partial charge is 0.472 e. The first-order valence-corrected chi connectivity index (χ1v) is 40.7. The molecule has 0 aromatic rings. The Kier molecular flexibility index (Phi) is 61.3. The molecule has 0 rings (SSSR count). The lowest BCUT2D eigenvalue weighted by Gasteiger charge is -2.21. The van der Waals surface area contributed by atoms with Crippen LogP contribution in [0, 0.1) is 23.7 Å². The molecule has 0 aliphatic carbocycles. The molecule has 3 unspecified atom stereocenters. The lowest BCUT2D eigenvalue weighted by atomic mass is 10.0. The number of rotatable bonds is 70. The van der Waals surface area contributed by atoms with Gasteiger partial charge in [-0.2, -0.15) is 0 Å². The molecule has 0 bridgehead atoms. The first-order chi connectivity index (χ1) is 44.1. The summed E-state index contributed by atoms with van der Waals surface area (Å²) in [6, 6.07) is 0. The van der Waals surface area contributed by atoms with Gasteiger partial charge in [-0.1, -0.05) is 312 Å². The van der Waals surface area contributed by atoms with Crippen molar-refractivity contribution in [1.82, 2.24) is 0 Å². The molecule has 0 saturated carbocycles. The zero-order valence-electron chi connectivity index (χ0n) is 60.2. The number of hydrogen-bond acceptors (Lipinski definition) is 15. The van der Waals surface area contributed by atoms with Gasteiger partial charge < -0.3 is 33.8 Å². The van der Waals surface area contributed by atoms with Crippen LogP contribution in [0.5, 0.6) is 0 Å². The first kappa shape index (κ1) is 90.1. The van der Waals surface area contributed by atoms with E-state index < -0.39 is 97.5 Å². The highest BCUT2D eigenvalue weighted by atomic mass is 31.2. The van der Waals surface area contributed by atoms with E-state index in [1.54, 1.807) is 0 Å². The first-order valence-electron chi connectivity index (χ1n) is 37.7. The summed E-state index contributed by atoms with van der Waals surface area (Å²) in [6.07, 6.45) is 46.3. The van der Waals surface area contributed by atoms with Crippen molar-refractivity contribution in [1.29, 1.82) is 0 Å². The fourth-order valence-corrected chi connectivity index (χ4v) is 12.6. The Bertz CT molecular complexity index is 1820. The maximum atomic E-state index is 13.0. The zero-order valence-corrected chi connectivity index (χ0v) is 62.0. The second-order valence-corrected chi connectivity index (χ2v) is 31.1. The minimum atomic E-state index is -4.95. The smallest absolute Gasteiger partial charge is 0.462 e. The van der Waals surface area contributed by atoms with Crippen LogP contribution in [0.15, 0.2) is 0 Å². The summed E-state index contributed by atoms with van der Waals surface area (Å²) < 4.78 is 68.3. The van der Waals surface area contributed by atoms with Gasteiger partial charge in [0.1, 0.15) is 19.3 Å². The Balaban J connectivity index is 5.12. The highest BCUT2D eigenvalue weighted by molar-refractivity contribution is 7.47. The van der Waals surface area contributed by atoms with Crippen LogP contribution in [0.3, 0.4) is 0 Å². The maximum absolute atomic E-state index is 13.0. The van der Waals surface area contributed by atoms with Crippen molar-refractivity contribution in [3.05, 3.63) is 0 Å². The molecule has 546 valence electrons. The standard InChI is InChI=1S/C73H142O17P2/c1-63(2)49-41-33-25-19-17-15-13-11-9-10-12-14-16-18-20-28-37-45-53-70(75)83-60-69(90-73(78)56-48-40-32-31-36-44-52-66(7)8)62-88-92(81,82)86-58-67(74)57-85-91(79,80)87-61-68(89-72(77)55-47-39-30-24-22-27-35-43-51-65(5)6)59-84-71(76)54-46-38-29-23-21-26-34-42-50-64(3)4/h63-69,74H,9-62H2,1-8H3,(H,79,80)(H,81,82)/t67?,68-,69-/m1/s1. The van der Waals surface area contributed by atoms with Gasteiger partial charge >= 0.3 is 39.5 Å². The van der Waals surface area contributed by atoms with Crippen molar-refractivity contribution in [2.24, 2.45) is 23.7 Å². The van der Waals surface area contributed by atoms with E-state index in [-0.39, 0.29) is 25.7 Å². The van der Waals surface area contributed by atoms with Crippen LogP contribution in [0.2, 0.25) is 0 Å². The minimum absolute atomic E-state index is 0.102. The number of aliphatic hydroxyl groups excluding tert-OH is 1. The summed E-state index contributed by atoms with van der Waals surface area (Å²) in [4.78, 5) is 72.5. The van der Waals surface area contributed by atoms with E-state index in [0.717, 1.165) is 108 Å². The van der Waals surface area contributed by atoms with Gasteiger partial charge in [0.2, 0.25) is 0 Å². The summed E-state index contributed by atoms with van der Waals surface area (Å²) in [6.45, 7) is 14.0. The Morgan fingerprint density at radius 3 is 0.674 bits per heavy atom. The van der Waals surface area contributed by atoms with Gasteiger partial charge in [0, 0.05) is 25.7 Å². The van der Waals surface area contributed by atoms with Crippen molar-refractivity contribution in [2.45, 2.75) is 382 Å². The number of hydrogen-bond donors (Lipinski definition) is 3. The summed E-state index contributed by atoms with van der Waals surface area (Å²) in [7, 11) is -9.90. The van der Waals surface area contributed by atoms with Crippen LogP contribution < -0.4 is 0 Å². The predicted octanol–water partition coefficient (Wildman–Crippen LogP) is 20.9. The summed E-state index contributed by atoms with van der Waals surface area (Å²) in [5, 5.41) is 10.6. The molecule has 0 saturated heterocycles. The second kappa shape index (κ2) is 62.6. The molecule has 0 aliphatic rings. The Morgan fingerprint density at radius 2 is 0.457 bits per heavy atom. The van der Waals surface area contributed by atoms with E-state index in [0.29, 0.717) is 31.6 Å². The van der Waals surface area contributed by atoms with Crippen molar-refractivity contribution >= 4 is 39.5 Å². The van der Waals surface area contributed by atoms with Crippen LogP contribution in [-0.2, 0) is 65.4 Å². The third kappa shape index (κ3) is 66.7. The molecular weight excluding hydrogens is 1210 g/mol. The monoisotopic (exact) mass is 1350 g/mol. The number of aliphatic hydroxyl groups is 1. The second-order valence-electron chi connectivity index (χ2n) is 28.2. The van der Waals surface area contributed by atoms with Crippen LogP contribution in [-0.4, -0.2) is 96.7 Å². The van der Waals surface area contributed by atoms with Gasteiger partial charge in [-0.25, -0.2) is 9.13 Å². The molecule has 5 atom stereocenters. The fraction of sp³-hybridized carbons (Fsp3) is 0.945. The van der Waals surface area contributed by atoms with Crippen LogP contribution in [0.1, 0.15) is 364 Å². The zero-order chi connectivity index (χ0) is 68.2. The minimum Gasteiger partial charge on any atom is -0.462 e. The molecule has 0 radical (unpaired) electrons. The highest BCUT2D eigenvalue weighted by Gasteiger charge is 2.30. The van der Waals surface area contributed by atoms with Gasteiger partial charge in [0.25, 0.3) is 0 Å². The molecule has 0 aromatic heterocycles. The van der Waals surface area contributed by atoms with E-state index in [1.165, 1.54) is 167 Å². The Hall–Kier alpha value is -1.94. The van der Waals surface area contributed by atoms with Gasteiger partial charge in [-0.05, 0) is 49.4 Å².